The highest BCUT2D eigenvalue weighted by atomic mass is 32.1. The summed E-state index contributed by atoms with van der Waals surface area (Å²) in [5, 5.41) is 14.4. The third-order valence-corrected chi connectivity index (χ3v) is 7.26. The Morgan fingerprint density at radius 2 is 1.97 bits per heavy atom. The van der Waals surface area contributed by atoms with E-state index in [0.29, 0.717) is 22.2 Å². The molecule has 0 saturated heterocycles. The van der Waals surface area contributed by atoms with Crippen LogP contribution in [0.15, 0.2) is 72.3 Å². The molecule has 0 aliphatic rings. The summed E-state index contributed by atoms with van der Waals surface area (Å²) in [5.74, 6) is -0.343. The number of amides is 1. The van der Waals surface area contributed by atoms with Crippen LogP contribution < -0.4 is 16.4 Å². The fourth-order valence-corrected chi connectivity index (χ4v) is 4.75. The van der Waals surface area contributed by atoms with E-state index in [1.54, 1.807) is 41.7 Å². The highest BCUT2D eigenvalue weighted by molar-refractivity contribution is 7.66. The number of carbonyl (C=O) groups excluding carboxylic acids is 1. The van der Waals surface area contributed by atoms with Gasteiger partial charge in [-0.15, -0.1) is 11.3 Å². The molecule has 0 saturated carbocycles. The minimum absolute atomic E-state index is 0.0237. The molecular weight excluding hydrogens is 419 g/mol. The van der Waals surface area contributed by atoms with E-state index in [-0.39, 0.29) is 24.7 Å². The molecule has 2 aromatic carbocycles. The first kappa shape index (κ1) is 21.8. The molecule has 3 aromatic rings. The second-order valence-electron chi connectivity index (χ2n) is 6.78. The van der Waals surface area contributed by atoms with Crippen LogP contribution in [0, 0.1) is 0 Å². The molecule has 0 fully saturated rings. The standard InChI is InChI=1S/C22H23N2O4PS/c1-15(25)11-12-28-29(2,27)18-8-5-16(6-9-18)22(26)24-20-14-17(7-10-19(20)23)21-4-3-13-30-21/h3-10,13-14,25H,1,11-12,23H2,2H3,(H,24,26). The molecule has 8 heteroatoms. The van der Waals surface area contributed by atoms with Crippen molar-refractivity contribution in [3.05, 3.63) is 77.9 Å². The van der Waals surface area contributed by atoms with Crippen LogP contribution in [0.25, 0.3) is 10.4 Å². The molecule has 4 N–H and O–H groups in total. The summed E-state index contributed by atoms with van der Waals surface area (Å²) in [4.78, 5) is 13.8. The van der Waals surface area contributed by atoms with Crippen molar-refractivity contribution in [3.63, 3.8) is 0 Å². The van der Waals surface area contributed by atoms with E-state index in [1.807, 2.05) is 29.6 Å². The molecule has 0 spiro atoms. The molecule has 1 heterocycles. The summed E-state index contributed by atoms with van der Waals surface area (Å²) in [5.41, 5.74) is 8.41. The number of aliphatic hydroxyl groups is 1. The first-order chi connectivity index (χ1) is 14.3. The molecule has 6 nitrogen and oxygen atoms in total. The van der Waals surface area contributed by atoms with Gasteiger partial charge in [-0.25, -0.2) is 0 Å². The van der Waals surface area contributed by atoms with E-state index in [1.165, 1.54) is 6.66 Å². The number of nitrogen functional groups attached to an aromatic ring is 1. The second kappa shape index (κ2) is 9.30. The number of thiophene rings is 1. The summed E-state index contributed by atoms with van der Waals surface area (Å²) in [6, 6.07) is 15.9. The van der Waals surface area contributed by atoms with Crippen LogP contribution in [0.4, 0.5) is 11.4 Å². The number of rotatable bonds is 8. The van der Waals surface area contributed by atoms with Crippen LogP contribution in [0.1, 0.15) is 16.8 Å². The Hall–Kier alpha value is -2.86. The lowest BCUT2D eigenvalue weighted by atomic mass is 10.1. The van der Waals surface area contributed by atoms with Crippen LogP contribution >= 0.6 is 18.7 Å². The van der Waals surface area contributed by atoms with Gasteiger partial charge in [0.2, 0.25) is 7.37 Å². The summed E-state index contributed by atoms with van der Waals surface area (Å²) in [6.07, 6.45) is 0.213. The second-order valence-corrected chi connectivity index (χ2v) is 10.2. The fourth-order valence-electron chi connectivity index (χ4n) is 2.75. The largest absolute Gasteiger partial charge is 0.513 e. The number of nitrogens with two attached hydrogens (primary N) is 1. The molecule has 1 atom stereocenters. The molecule has 156 valence electrons. The lowest BCUT2D eigenvalue weighted by Gasteiger charge is -2.15. The lowest BCUT2D eigenvalue weighted by Crippen LogP contribution is -2.15. The number of anilines is 2. The zero-order valence-electron chi connectivity index (χ0n) is 16.5. The zero-order valence-corrected chi connectivity index (χ0v) is 18.2. The van der Waals surface area contributed by atoms with Gasteiger partial charge in [-0.3, -0.25) is 9.36 Å². The Bertz CT molecular complexity index is 1090. The van der Waals surface area contributed by atoms with Gasteiger partial charge >= 0.3 is 0 Å². The number of benzene rings is 2. The van der Waals surface area contributed by atoms with Crippen molar-refractivity contribution in [1.29, 1.82) is 0 Å². The third kappa shape index (κ3) is 5.39. The summed E-state index contributed by atoms with van der Waals surface area (Å²) in [7, 11) is -3.06. The normalized spacial score (nSPS) is 12.8. The average molecular weight is 442 g/mol. The van der Waals surface area contributed by atoms with Gasteiger partial charge in [-0.1, -0.05) is 18.7 Å². The quantitative estimate of drug-likeness (QED) is 0.251. The van der Waals surface area contributed by atoms with Gasteiger partial charge in [0, 0.05) is 28.8 Å². The van der Waals surface area contributed by atoms with Crippen LogP contribution in [-0.2, 0) is 9.09 Å². The van der Waals surface area contributed by atoms with Crippen molar-refractivity contribution in [2.24, 2.45) is 0 Å². The van der Waals surface area contributed by atoms with Crippen LogP contribution in [-0.4, -0.2) is 24.3 Å². The van der Waals surface area contributed by atoms with E-state index in [4.69, 9.17) is 15.4 Å². The predicted octanol–water partition coefficient (Wildman–Crippen LogP) is 5.26. The van der Waals surface area contributed by atoms with Gasteiger partial charge in [0.15, 0.2) is 0 Å². The van der Waals surface area contributed by atoms with Gasteiger partial charge in [0.05, 0.1) is 23.7 Å². The Morgan fingerprint density at radius 3 is 2.60 bits per heavy atom. The van der Waals surface area contributed by atoms with Crippen molar-refractivity contribution >= 4 is 41.3 Å². The molecule has 0 aliphatic carbocycles. The molecule has 0 bridgehead atoms. The lowest BCUT2D eigenvalue weighted by molar-refractivity contribution is 0.102. The van der Waals surface area contributed by atoms with E-state index >= 15 is 0 Å². The predicted molar refractivity (Wildman–Crippen MR) is 124 cm³/mol. The third-order valence-electron chi connectivity index (χ3n) is 4.43. The molecule has 3 rings (SSSR count). The number of hydrogen-bond donors (Lipinski definition) is 3. The fraction of sp³-hybridized carbons (Fsp3) is 0.136. The maximum atomic E-state index is 12.7. The van der Waals surface area contributed by atoms with Crippen LogP contribution in [0.2, 0.25) is 0 Å². The maximum Gasteiger partial charge on any atom is 0.255 e. The van der Waals surface area contributed by atoms with E-state index in [9.17, 15) is 9.36 Å². The van der Waals surface area contributed by atoms with Gasteiger partial charge in [0.25, 0.3) is 5.91 Å². The maximum absolute atomic E-state index is 12.7. The first-order valence-electron chi connectivity index (χ1n) is 9.20. The Kier molecular flexibility index (Phi) is 6.77. The molecule has 1 amide bonds. The zero-order chi connectivity index (χ0) is 21.7. The van der Waals surface area contributed by atoms with E-state index in [0.717, 1.165) is 10.4 Å². The SMILES string of the molecule is C=C(O)CCOP(C)(=O)c1ccc(C(=O)Nc2cc(-c3cccs3)ccc2N)cc1. The average Bonchev–Trinajstić information content (AvgIpc) is 3.24. The van der Waals surface area contributed by atoms with Crippen molar-refractivity contribution in [3.8, 4) is 10.4 Å². The molecule has 1 aromatic heterocycles. The van der Waals surface area contributed by atoms with Crippen LogP contribution in [0.5, 0.6) is 0 Å². The molecule has 0 radical (unpaired) electrons. The minimum Gasteiger partial charge on any atom is -0.513 e. The van der Waals surface area contributed by atoms with Gasteiger partial charge in [0.1, 0.15) is 0 Å². The van der Waals surface area contributed by atoms with E-state index in [2.05, 4.69) is 11.9 Å². The Morgan fingerprint density at radius 1 is 1.23 bits per heavy atom. The topological polar surface area (TPSA) is 102 Å². The van der Waals surface area contributed by atoms with Gasteiger partial charge in [-0.2, -0.15) is 0 Å². The highest BCUT2D eigenvalue weighted by Gasteiger charge is 2.20. The smallest absolute Gasteiger partial charge is 0.255 e. The number of hydrogen-bond acceptors (Lipinski definition) is 6. The monoisotopic (exact) mass is 442 g/mol. The summed E-state index contributed by atoms with van der Waals surface area (Å²) in [6.45, 7) is 4.97. The summed E-state index contributed by atoms with van der Waals surface area (Å²) >= 11 is 1.61. The number of nitrogens with one attached hydrogen (secondary N) is 1. The van der Waals surface area contributed by atoms with Crippen molar-refractivity contribution in [1.82, 2.24) is 0 Å². The van der Waals surface area contributed by atoms with Crippen LogP contribution in [0.3, 0.4) is 0 Å². The molecule has 0 aliphatic heterocycles. The molecule has 30 heavy (non-hydrogen) atoms. The number of aliphatic hydroxyl groups excluding tert-OH is 1. The van der Waals surface area contributed by atoms with Crippen molar-refractivity contribution < 1.29 is 19.0 Å². The van der Waals surface area contributed by atoms with Gasteiger partial charge in [-0.05, 0) is 53.4 Å². The Labute approximate surface area is 179 Å². The van der Waals surface area contributed by atoms with Gasteiger partial charge < -0.3 is 20.7 Å². The summed E-state index contributed by atoms with van der Waals surface area (Å²) < 4.78 is 18.1. The van der Waals surface area contributed by atoms with E-state index < -0.39 is 7.37 Å². The highest BCUT2D eigenvalue weighted by Crippen LogP contribution is 2.41. The minimum atomic E-state index is -3.06. The van der Waals surface area contributed by atoms with Crippen molar-refractivity contribution in [2.75, 3.05) is 24.3 Å². The molecular formula is C22H23N2O4PS. The first-order valence-corrected chi connectivity index (χ1v) is 12.2. The Balaban J connectivity index is 1.71. The van der Waals surface area contributed by atoms with Crippen molar-refractivity contribution in [2.45, 2.75) is 6.42 Å². The molecule has 1 unspecified atom stereocenters. The number of carbonyl (C=O) groups is 1.